The Bertz CT molecular complexity index is 682. The summed E-state index contributed by atoms with van der Waals surface area (Å²) in [6.07, 6.45) is 1.57. The van der Waals surface area contributed by atoms with Gasteiger partial charge in [-0.2, -0.15) is 0 Å². The van der Waals surface area contributed by atoms with Gasteiger partial charge in [0.05, 0.1) is 0 Å². The number of halogens is 2. The van der Waals surface area contributed by atoms with Crippen LogP contribution in [-0.2, 0) is 6.54 Å². The average Bonchev–Trinajstić information content (AvgIpc) is 2.57. The largest absolute Gasteiger partial charge is 0.488 e. The lowest BCUT2D eigenvalue weighted by molar-refractivity contribution is -0.0158. The first-order valence-electron chi connectivity index (χ1n) is 8.20. The monoisotopic (exact) mass is 349 g/mol. The molecule has 2 aromatic carbocycles. The van der Waals surface area contributed by atoms with Crippen molar-refractivity contribution in [1.29, 1.82) is 0 Å². The van der Waals surface area contributed by atoms with Crippen molar-refractivity contribution in [2.24, 2.45) is 0 Å². The van der Waals surface area contributed by atoms with Gasteiger partial charge in [0, 0.05) is 23.7 Å². The van der Waals surface area contributed by atoms with Gasteiger partial charge in [-0.3, -0.25) is 0 Å². The first-order chi connectivity index (χ1) is 11.6. The van der Waals surface area contributed by atoms with Crippen molar-refractivity contribution in [3.05, 3.63) is 64.9 Å². The Kier molecular flexibility index (Phi) is 5.72. The van der Waals surface area contributed by atoms with Crippen molar-refractivity contribution in [3.63, 3.8) is 0 Å². The van der Waals surface area contributed by atoms with Gasteiger partial charge >= 0.3 is 0 Å². The third kappa shape index (κ3) is 4.26. The summed E-state index contributed by atoms with van der Waals surface area (Å²) in [5.41, 5.74) is 1.000. The summed E-state index contributed by atoms with van der Waals surface area (Å²) in [6.45, 7) is 0.591. The van der Waals surface area contributed by atoms with Gasteiger partial charge in [-0.25, -0.2) is 4.39 Å². The second-order valence-electron chi connectivity index (χ2n) is 6.11. The minimum atomic E-state index is -0.649. The maximum atomic E-state index is 13.3. The molecule has 0 amide bonds. The lowest BCUT2D eigenvalue weighted by atomic mass is 9.89. The van der Waals surface area contributed by atoms with E-state index in [1.54, 1.807) is 12.1 Å². The topological polar surface area (TPSA) is 41.5 Å². The molecule has 1 fully saturated rings. The van der Waals surface area contributed by atoms with Crippen LogP contribution in [0.5, 0.6) is 5.75 Å². The Morgan fingerprint density at radius 3 is 2.79 bits per heavy atom. The quantitative estimate of drug-likeness (QED) is 0.859. The van der Waals surface area contributed by atoms with Crippen LogP contribution in [0.4, 0.5) is 4.39 Å². The number of benzene rings is 2. The SMILES string of the molecule is O[C@@H]1[C@@H](NCc2ccccc2Cl)CCC[C@H]1Oc1cccc(F)c1. The molecule has 1 aliphatic carbocycles. The number of rotatable bonds is 5. The molecule has 2 N–H and O–H groups in total. The molecule has 0 aliphatic heterocycles. The second kappa shape index (κ2) is 7.97. The Morgan fingerprint density at radius 2 is 2.00 bits per heavy atom. The first-order valence-corrected chi connectivity index (χ1v) is 8.58. The number of aliphatic hydroxyl groups excluding tert-OH is 1. The molecule has 3 nitrogen and oxygen atoms in total. The van der Waals surface area contributed by atoms with E-state index in [0.717, 1.165) is 24.8 Å². The number of aliphatic hydroxyl groups is 1. The van der Waals surface area contributed by atoms with Gasteiger partial charge < -0.3 is 15.2 Å². The molecule has 128 valence electrons. The van der Waals surface area contributed by atoms with Crippen LogP contribution in [-0.4, -0.2) is 23.4 Å². The van der Waals surface area contributed by atoms with Crippen LogP contribution in [0.25, 0.3) is 0 Å². The van der Waals surface area contributed by atoms with Crippen molar-refractivity contribution in [2.45, 2.75) is 44.1 Å². The van der Waals surface area contributed by atoms with E-state index in [2.05, 4.69) is 5.32 Å². The van der Waals surface area contributed by atoms with Crippen molar-refractivity contribution in [1.82, 2.24) is 5.32 Å². The van der Waals surface area contributed by atoms with E-state index in [4.69, 9.17) is 16.3 Å². The third-order valence-electron chi connectivity index (χ3n) is 4.39. The highest BCUT2D eigenvalue weighted by Crippen LogP contribution is 2.25. The maximum Gasteiger partial charge on any atom is 0.126 e. The lowest BCUT2D eigenvalue weighted by Crippen LogP contribution is -2.50. The number of hydrogen-bond acceptors (Lipinski definition) is 3. The van der Waals surface area contributed by atoms with E-state index in [1.807, 2.05) is 24.3 Å². The van der Waals surface area contributed by atoms with Crippen molar-refractivity contribution in [2.75, 3.05) is 0 Å². The smallest absolute Gasteiger partial charge is 0.126 e. The zero-order chi connectivity index (χ0) is 16.9. The zero-order valence-electron chi connectivity index (χ0n) is 13.3. The molecule has 0 radical (unpaired) electrons. The molecule has 0 heterocycles. The molecular formula is C19H21ClFNO2. The summed E-state index contributed by atoms with van der Waals surface area (Å²) >= 11 is 6.17. The molecule has 2 aromatic rings. The zero-order valence-corrected chi connectivity index (χ0v) is 14.0. The first kappa shape index (κ1) is 17.2. The molecule has 24 heavy (non-hydrogen) atoms. The van der Waals surface area contributed by atoms with Crippen LogP contribution in [0.2, 0.25) is 5.02 Å². The predicted octanol–water partition coefficient (Wildman–Crippen LogP) is 3.93. The Labute approximate surface area is 146 Å². The highest BCUT2D eigenvalue weighted by atomic mass is 35.5. The Balaban J connectivity index is 1.60. The molecule has 1 saturated carbocycles. The van der Waals surface area contributed by atoms with Gasteiger partial charge in [-0.1, -0.05) is 35.9 Å². The van der Waals surface area contributed by atoms with E-state index in [0.29, 0.717) is 17.3 Å². The van der Waals surface area contributed by atoms with Gasteiger partial charge in [-0.05, 0) is 43.0 Å². The summed E-state index contributed by atoms with van der Waals surface area (Å²) in [6, 6.07) is 13.6. The molecule has 0 saturated heterocycles. The van der Waals surface area contributed by atoms with Gasteiger partial charge in [0.25, 0.3) is 0 Å². The van der Waals surface area contributed by atoms with E-state index in [1.165, 1.54) is 12.1 Å². The summed E-state index contributed by atoms with van der Waals surface area (Å²) in [7, 11) is 0. The fourth-order valence-electron chi connectivity index (χ4n) is 3.09. The van der Waals surface area contributed by atoms with Gasteiger partial charge in [-0.15, -0.1) is 0 Å². The summed E-state index contributed by atoms with van der Waals surface area (Å²) in [5, 5.41) is 14.7. The normalized spacial score (nSPS) is 23.9. The molecule has 3 rings (SSSR count). The summed E-state index contributed by atoms with van der Waals surface area (Å²) < 4.78 is 19.1. The molecule has 0 bridgehead atoms. The summed E-state index contributed by atoms with van der Waals surface area (Å²) in [4.78, 5) is 0. The van der Waals surface area contributed by atoms with Gasteiger partial charge in [0.2, 0.25) is 0 Å². The molecule has 0 unspecified atom stereocenters. The van der Waals surface area contributed by atoms with E-state index >= 15 is 0 Å². The summed E-state index contributed by atoms with van der Waals surface area (Å²) in [5.74, 6) is 0.108. The van der Waals surface area contributed by atoms with Crippen LogP contribution >= 0.6 is 11.6 Å². The Morgan fingerprint density at radius 1 is 1.17 bits per heavy atom. The molecule has 0 spiro atoms. The molecule has 3 atom stereocenters. The number of nitrogens with one attached hydrogen (secondary N) is 1. The highest BCUT2D eigenvalue weighted by molar-refractivity contribution is 6.31. The van der Waals surface area contributed by atoms with Gasteiger partial charge in [0.1, 0.15) is 23.8 Å². The van der Waals surface area contributed by atoms with Crippen molar-refractivity contribution in [3.8, 4) is 5.75 Å². The van der Waals surface area contributed by atoms with Crippen LogP contribution in [0.3, 0.4) is 0 Å². The minimum Gasteiger partial charge on any atom is -0.488 e. The van der Waals surface area contributed by atoms with Crippen molar-refractivity contribution >= 4 is 11.6 Å². The highest BCUT2D eigenvalue weighted by Gasteiger charge is 2.33. The Hall–Kier alpha value is -1.62. The maximum absolute atomic E-state index is 13.3. The van der Waals surface area contributed by atoms with Crippen LogP contribution in [0, 0.1) is 5.82 Å². The van der Waals surface area contributed by atoms with Crippen molar-refractivity contribution < 1.29 is 14.2 Å². The molecule has 0 aromatic heterocycles. The number of ether oxygens (including phenoxy) is 1. The van der Waals surface area contributed by atoms with E-state index in [9.17, 15) is 9.50 Å². The molecule has 5 heteroatoms. The van der Waals surface area contributed by atoms with Crippen LogP contribution in [0.15, 0.2) is 48.5 Å². The fraction of sp³-hybridized carbons (Fsp3) is 0.368. The molecular weight excluding hydrogens is 329 g/mol. The van der Waals surface area contributed by atoms with Gasteiger partial charge in [0.15, 0.2) is 0 Å². The lowest BCUT2D eigenvalue weighted by Gasteiger charge is -2.35. The predicted molar refractivity (Wildman–Crippen MR) is 92.8 cm³/mol. The van der Waals surface area contributed by atoms with E-state index in [-0.39, 0.29) is 18.0 Å². The second-order valence-corrected chi connectivity index (χ2v) is 6.52. The standard InChI is InChI=1S/C19H21ClFNO2/c20-16-8-2-1-5-13(16)12-22-17-9-4-10-18(19(17)23)24-15-7-3-6-14(21)11-15/h1-3,5-8,11,17-19,22-23H,4,9-10,12H2/t17-,18+,19+/m0/s1. The minimum absolute atomic E-state index is 0.0754. The van der Waals surface area contributed by atoms with Crippen LogP contribution < -0.4 is 10.1 Å². The third-order valence-corrected chi connectivity index (χ3v) is 4.76. The van der Waals surface area contributed by atoms with E-state index < -0.39 is 6.10 Å². The molecule has 1 aliphatic rings. The average molecular weight is 350 g/mol. The number of hydrogen-bond donors (Lipinski definition) is 2. The fourth-order valence-corrected chi connectivity index (χ4v) is 3.29. The van der Waals surface area contributed by atoms with Crippen LogP contribution in [0.1, 0.15) is 24.8 Å².